The van der Waals surface area contributed by atoms with Gasteiger partial charge in [0.25, 0.3) is 0 Å². The second-order valence-electron chi connectivity index (χ2n) is 6.55. The molecule has 0 aliphatic heterocycles. The molecule has 2 rings (SSSR count). The van der Waals surface area contributed by atoms with Crippen LogP contribution in [0, 0.1) is 0 Å². The van der Waals surface area contributed by atoms with E-state index in [1.54, 1.807) is 24.3 Å². The van der Waals surface area contributed by atoms with Gasteiger partial charge in [-0.3, -0.25) is 9.59 Å². The molecule has 1 fully saturated rings. The van der Waals surface area contributed by atoms with Crippen LogP contribution < -0.4 is 15.5 Å². The number of hydrogen-bond donors (Lipinski definition) is 3. The van der Waals surface area contributed by atoms with Gasteiger partial charge in [-0.15, -0.1) is 0 Å². The van der Waals surface area contributed by atoms with Crippen LogP contribution in [0.15, 0.2) is 30.3 Å². The summed E-state index contributed by atoms with van der Waals surface area (Å²) in [5.74, 6) is -1.33. The number of carboxylic acids is 1. The number of para-hydroxylation sites is 1. The van der Waals surface area contributed by atoms with Crippen LogP contribution in [0.4, 0.5) is 10.5 Å². The van der Waals surface area contributed by atoms with E-state index in [4.69, 9.17) is 5.11 Å². The quantitative estimate of drug-likeness (QED) is 0.620. The molecule has 1 aromatic rings. The van der Waals surface area contributed by atoms with Crippen molar-refractivity contribution in [1.82, 2.24) is 10.6 Å². The summed E-state index contributed by atoms with van der Waals surface area (Å²) in [5.41, 5.74) is 0.558. The molecule has 1 saturated carbocycles. The SMILES string of the molecule is O=C(O)CN(C(=O)CCCNC(=O)NC1CCCCC1)c1ccccc1. The number of urea groups is 1. The molecule has 0 bridgehead atoms. The summed E-state index contributed by atoms with van der Waals surface area (Å²) in [7, 11) is 0. The number of carbonyl (C=O) groups excluding carboxylic acids is 2. The summed E-state index contributed by atoms with van der Waals surface area (Å²) >= 11 is 0. The fourth-order valence-corrected chi connectivity index (χ4v) is 3.13. The fourth-order valence-electron chi connectivity index (χ4n) is 3.13. The molecule has 3 N–H and O–H groups in total. The highest BCUT2D eigenvalue weighted by Gasteiger charge is 2.19. The van der Waals surface area contributed by atoms with Crippen molar-refractivity contribution in [3.63, 3.8) is 0 Å². The van der Waals surface area contributed by atoms with Crippen LogP contribution in [0.25, 0.3) is 0 Å². The third kappa shape index (κ3) is 6.74. The van der Waals surface area contributed by atoms with Gasteiger partial charge in [-0.2, -0.15) is 0 Å². The number of carbonyl (C=O) groups is 3. The van der Waals surface area contributed by atoms with Crippen molar-refractivity contribution in [2.45, 2.75) is 51.0 Å². The van der Waals surface area contributed by atoms with E-state index in [1.165, 1.54) is 11.3 Å². The van der Waals surface area contributed by atoms with Gasteiger partial charge in [-0.1, -0.05) is 37.5 Å². The van der Waals surface area contributed by atoms with Gasteiger partial charge in [0, 0.05) is 24.7 Å². The monoisotopic (exact) mass is 361 g/mol. The maximum Gasteiger partial charge on any atom is 0.323 e. The maximum absolute atomic E-state index is 12.4. The predicted octanol–water partition coefficient (Wildman–Crippen LogP) is 2.52. The van der Waals surface area contributed by atoms with Gasteiger partial charge in [-0.05, 0) is 31.4 Å². The molecule has 1 aliphatic rings. The minimum Gasteiger partial charge on any atom is -0.480 e. The molecule has 7 nitrogen and oxygen atoms in total. The summed E-state index contributed by atoms with van der Waals surface area (Å²) in [4.78, 5) is 36.5. The molecule has 7 heteroatoms. The summed E-state index contributed by atoms with van der Waals surface area (Å²) in [5, 5.41) is 14.8. The van der Waals surface area contributed by atoms with Crippen LogP contribution in [0.5, 0.6) is 0 Å². The highest BCUT2D eigenvalue weighted by atomic mass is 16.4. The van der Waals surface area contributed by atoms with Crippen LogP contribution >= 0.6 is 0 Å². The van der Waals surface area contributed by atoms with Crippen molar-refractivity contribution < 1.29 is 19.5 Å². The van der Waals surface area contributed by atoms with Gasteiger partial charge < -0.3 is 20.6 Å². The van der Waals surface area contributed by atoms with Gasteiger partial charge >= 0.3 is 12.0 Å². The van der Waals surface area contributed by atoms with Crippen molar-refractivity contribution in [1.29, 1.82) is 0 Å². The minimum atomic E-state index is -1.06. The standard InChI is InChI=1S/C19H27N3O4/c23-17(22(14-18(24)25)16-10-5-2-6-11-16)12-7-13-20-19(26)21-15-8-3-1-4-9-15/h2,5-6,10-11,15H,1,3-4,7-9,12-14H2,(H,24,25)(H2,20,21,26). The molecule has 1 aromatic carbocycles. The van der Waals surface area contributed by atoms with Gasteiger partial charge in [0.05, 0.1) is 0 Å². The van der Waals surface area contributed by atoms with Crippen molar-refractivity contribution in [3.05, 3.63) is 30.3 Å². The topological polar surface area (TPSA) is 98.7 Å². The number of nitrogens with one attached hydrogen (secondary N) is 2. The van der Waals surface area contributed by atoms with E-state index < -0.39 is 5.97 Å². The highest BCUT2D eigenvalue weighted by Crippen LogP contribution is 2.17. The molecule has 0 aromatic heterocycles. The third-order valence-corrected chi connectivity index (χ3v) is 4.46. The molecule has 26 heavy (non-hydrogen) atoms. The summed E-state index contributed by atoms with van der Waals surface area (Å²) in [6.45, 7) is -0.00155. The largest absolute Gasteiger partial charge is 0.480 e. The first-order valence-electron chi connectivity index (χ1n) is 9.18. The van der Waals surface area contributed by atoms with E-state index in [9.17, 15) is 14.4 Å². The number of rotatable bonds is 8. The van der Waals surface area contributed by atoms with Crippen LogP contribution in [0.3, 0.4) is 0 Å². The Kier molecular flexibility index (Phi) is 7.92. The first-order valence-corrected chi connectivity index (χ1v) is 9.18. The smallest absolute Gasteiger partial charge is 0.323 e. The number of hydrogen-bond acceptors (Lipinski definition) is 3. The molecule has 0 unspecified atom stereocenters. The van der Waals surface area contributed by atoms with Crippen LogP contribution in [0.2, 0.25) is 0 Å². The highest BCUT2D eigenvalue weighted by molar-refractivity contribution is 5.97. The van der Waals surface area contributed by atoms with Gasteiger partial charge in [0.15, 0.2) is 0 Å². The molecule has 1 aliphatic carbocycles. The molecule has 142 valence electrons. The summed E-state index contributed by atoms with van der Waals surface area (Å²) in [6, 6.07) is 8.78. The average molecular weight is 361 g/mol. The molecule has 0 radical (unpaired) electrons. The minimum absolute atomic E-state index is 0.173. The Morgan fingerprint density at radius 1 is 1.08 bits per heavy atom. The Morgan fingerprint density at radius 3 is 2.42 bits per heavy atom. The number of aliphatic carboxylic acids is 1. The summed E-state index contributed by atoms with van der Waals surface area (Å²) in [6.07, 6.45) is 6.21. The molecular formula is C19H27N3O4. The number of carboxylic acid groups (broad SMARTS) is 1. The Bertz CT molecular complexity index is 600. The molecule has 0 spiro atoms. The average Bonchev–Trinajstić information content (AvgIpc) is 2.64. The number of benzene rings is 1. The lowest BCUT2D eigenvalue weighted by molar-refractivity contribution is -0.136. The second-order valence-corrected chi connectivity index (χ2v) is 6.55. The van der Waals surface area contributed by atoms with Crippen LogP contribution in [-0.2, 0) is 9.59 Å². The second kappa shape index (κ2) is 10.4. The first-order chi connectivity index (χ1) is 12.6. The van der Waals surface area contributed by atoms with Gasteiger partial charge in [0.1, 0.15) is 6.54 Å². The van der Waals surface area contributed by atoms with Crippen molar-refractivity contribution in [3.8, 4) is 0 Å². The third-order valence-electron chi connectivity index (χ3n) is 4.46. The molecule has 3 amide bonds. The van der Waals surface area contributed by atoms with Crippen molar-refractivity contribution in [2.24, 2.45) is 0 Å². The Hall–Kier alpha value is -2.57. The normalized spacial score (nSPS) is 14.5. The van der Waals surface area contributed by atoms with Crippen molar-refractivity contribution in [2.75, 3.05) is 18.0 Å². The van der Waals surface area contributed by atoms with Crippen LogP contribution in [-0.4, -0.2) is 42.1 Å². The zero-order valence-corrected chi connectivity index (χ0v) is 14.9. The molecule has 0 atom stereocenters. The lowest BCUT2D eigenvalue weighted by Gasteiger charge is -2.23. The molecular weight excluding hydrogens is 334 g/mol. The van der Waals surface area contributed by atoms with E-state index in [-0.39, 0.29) is 30.9 Å². The van der Waals surface area contributed by atoms with E-state index in [2.05, 4.69) is 10.6 Å². The lowest BCUT2D eigenvalue weighted by atomic mass is 9.96. The lowest BCUT2D eigenvalue weighted by Crippen LogP contribution is -2.43. The molecule has 0 heterocycles. The zero-order chi connectivity index (χ0) is 18.8. The van der Waals surface area contributed by atoms with E-state index in [1.807, 2.05) is 6.07 Å². The number of nitrogens with zero attached hydrogens (tertiary/aromatic N) is 1. The zero-order valence-electron chi connectivity index (χ0n) is 14.9. The van der Waals surface area contributed by atoms with Crippen molar-refractivity contribution >= 4 is 23.6 Å². The molecule has 0 saturated heterocycles. The fraction of sp³-hybridized carbons (Fsp3) is 0.526. The first kappa shape index (κ1) is 19.8. The predicted molar refractivity (Wildman–Crippen MR) is 99.1 cm³/mol. The van der Waals surface area contributed by atoms with Crippen LogP contribution in [0.1, 0.15) is 44.9 Å². The Balaban J connectivity index is 1.73. The maximum atomic E-state index is 12.4. The van der Waals surface area contributed by atoms with E-state index in [0.29, 0.717) is 18.7 Å². The van der Waals surface area contributed by atoms with Gasteiger partial charge in [0.2, 0.25) is 5.91 Å². The summed E-state index contributed by atoms with van der Waals surface area (Å²) < 4.78 is 0. The van der Waals surface area contributed by atoms with E-state index >= 15 is 0 Å². The number of anilines is 1. The van der Waals surface area contributed by atoms with Gasteiger partial charge in [-0.25, -0.2) is 4.79 Å². The van der Waals surface area contributed by atoms with E-state index in [0.717, 1.165) is 25.7 Å². The Morgan fingerprint density at radius 2 is 1.77 bits per heavy atom. The number of amides is 3. The Labute approximate surface area is 153 Å².